The molecule has 1 N–H and O–H groups in total. The lowest BCUT2D eigenvalue weighted by atomic mass is 10.2. The summed E-state index contributed by atoms with van der Waals surface area (Å²) in [5, 5.41) is 2.75. The van der Waals surface area contributed by atoms with Crippen LogP contribution in [0.15, 0.2) is 54.6 Å². The molecule has 1 amide bonds. The first-order chi connectivity index (χ1) is 11.8. The number of hydrogen-bond donors (Lipinski definition) is 1. The Hall–Kier alpha value is -2.54. The second-order valence-corrected chi connectivity index (χ2v) is 7.77. The van der Waals surface area contributed by atoms with E-state index in [4.69, 9.17) is 0 Å². The van der Waals surface area contributed by atoms with Gasteiger partial charge in [0.15, 0.2) is 0 Å². The van der Waals surface area contributed by atoms with E-state index in [9.17, 15) is 13.2 Å². The minimum Gasteiger partial charge on any atom is -0.378 e. The highest BCUT2D eigenvalue weighted by molar-refractivity contribution is 7.92. The fraction of sp³-hybridized carbons (Fsp3) is 0.278. The SMILES string of the molecule is CN(C)c1ccc(N(CCNC(=O)c2ccccc2)S(C)(=O)=O)cc1. The first kappa shape index (κ1) is 18.8. The second-order valence-electron chi connectivity index (χ2n) is 5.87. The molecule has 0 atom stereocenters. The van der Waals surface area contributed by atoms with Gasteiger partial charge < -0.3 is 10.2 Å². The molecule has 0 spiro atoms. The number of hydrogen-bond acceptors (Lipinski definition) is 4. The molecule has 7 heteroatoms. The Morgan fingerprint density at radius 3 is 2.04 bits per heavy atom. The fourth-order valence-electron chi connectivity index (χ4n) is 2.37. The molecule has 0 aliphatic heterocycles. The predicted molar refractivity (Wildman–Crippen MR) is 102 cm³/mol. The molecule has 0 unspecified atom stereocenters. The van der Waals surface area contributed by atoms with E-state index in [0.29, 0.717) is 11.3 Å². The average molecular weight is 361 g/mol. The lowest BCUT2D eigenvalue weighted by molar-refractivity contribution is 0.0955. The quantitative estimate of drug-likeness (QED) is 0.818. The van der Waals surface area contributed by atoms with Gasteiger partial charge in [-0.25, -0.2) is 8.42 Å². The summed E-state index contributed by atoms with van der Waals surface area (Å²) in [6, 6.07) is 16.1. The molecule has 2 rings (SSSR count). The molecule has 0 aromatic heterocycles. The van der Waals surface area contributed by atoms with Crippen LogP contribution in [0.4, 0.5) is 11.4 Å². The van der Waals surface area contributed by atoms with Crippen molar-refractivity contribution in [2.45, 2.75) is 0 Å². The highest BCUT2D eigenvalue weighted by Gasteiger charge is 2.17. The van der Waals surface area contributed by atoms with E-state index in [1.807, 2.05) is 37.2 Å². The van der Waals surface area contributed by atoms with E-state index < -0.39 is 10.0 Å². The molecule has 0 saturated carbocycles. The Bertz CT molecular complexity index is 803. The van der Waals surface area contributed by atoms with Crippen LogP contribution in [0.5, 0.6) is 0 Å². The second kappa shape index (κ2) is 8.02. The summed E-state index contributed by atoms with van der Waals surface area (Å²) in [5.41, 5.74) is 2.10. The largest absolute Gasteiger partial charge is 0.378 e. The molecular formula is C18H23N3O3S. The van der Waals surface area contributed by atoms with Crippen molar-refractivity contribution in [3.05, 3.63) is 60.2 Å². The monoisotopic (exact) mass is 361 g/mol. The van der Waals surface area contributed by atoms with Crippen LogP contribution in [0.25, 0.3) is 0 Å². The van der Waals surface area contributed by atoms with Gasteiger partial charge in [-0.1, -0.05) is 18.2 Å². The smallest absolute Gasteiger partial charge is 0.251 e. The molecule has 0 radical (unpaired) electrons. The zero-order valence-corrected chi connectivity index (χ0v) is 15.5. The van der Waals surface area contributed by atoms with Gasteiger partial charge in [0.2, 0.25) is 10.0 Å². The van der Waals surface area contributed by atoms with Gasteiger partial charge in [0.25, 0.3) is 5.91 Å². The van der Waals surface area contributed by atoms with Crippen molar-refractivity contribution >= 4 is 27.3 Å². The molecule has 0 aliphatic rings. The zero-order chi connectivity index (χ0) is 18.4. The molecule has 2 aromatic rings. The van der Waals surface area contributed by atoms with Gasteiger partial charge in [-0.3, -0.25) is 9.10 Å². The molecule has 6 nitrogen and oxygen atoms in total. The van der Waals surface area contributed by atoms with Crippen LogP contribution < -0.4 is 14.5 Å². The number of nitrogens with zero attached hydrogens (tertiary/aromatic N) is 2. The first-order valence-corrected chi connectivity index (χ1v) is 9.72. The maximum Gasteiger partial charge on any atom is 0.251 e. The third-order valence-electron chi connectivity index (χ3n) is 3.69. The number of carbonyl (C=O) groups excluding carboxylic acids is 1. The van der Waals surface area contributed by atoms with Crippen LogP contribution in [-0.4, -0.2) is 47.8 Å². The molecular weight excluding hydrogens is 338 g/mol. The van der Waals surface area contributed by atoms with Crippen molar-refractivity contribution in [1.29, 1.82) is 0 Å². The van der Waals surface area contributed by atoms with E-state index in [0.717, 1.165) is 11.9 Å². The summed E-state index contributed by atoms with van der Waals surface area (Å²) >= 11 is 0. The van der Waals surface area contributed by atoms with E-state index in [2.05, 4.69) is 5.32 Å². The zero-order valence-electron chi connectivity index (χ0n) is 14.6. The van der Waals surface area contributed by atoms with Gasteiger partial charge in [-0.15, -0.1) is 0 Å². The Morgan fingerprint density at radius 2 is 1.52 bits per heavy atom. The number of rotatable bonds is 7. The van der Waals surface area contributed by atoms with Gasteiger partial charge >= 0.3 is 0 Å². The Labute approximate surface area is 149 Å². The molecule has 134 valence electrons. The van der Waals surface area contributed by atoms with Gasteiger partial charge in [0.05, 0.1) is 18.5 Å². The maximum atomic E-state index is 12.1. The summed E-state index contributed by atoms with van der Waals surface area (Å²) < 4.78 is 25.5. The van der Waals surface area contributed by atoms with Crippen LogP contribution in [0.1, 0.15) is 10.4 Å². The van der Waals surface area contributed by atoms with Crippen LogP contribution >= 0.6 is 0 Å². The van der Waals surface area contributed by atoms with E-state index in [1.54, 1.807) is 36.4 Å². The number of nitrogens with one attached hydrogen (secondary N) is 1. The van der Waals surface area contributed by atoms with Crippen molar-refractivity contribution in [3.8, 4) is 0 Å². The summed E-state index contributed by atoms with van der Waals surface area (Å²) in [6.45, 7) is 0.384. The summed E-state index contributed by atoms with van der Waals surface area (Å²) in [4.78, 5) is 14.0. The van der Waals surface area contributed by atoms with E-state index >= 15 is 0 Å². The third-order valence-corrected chi connectivity index (χ3v) is 4.88. The van der Waals surface area contributed by atoms with E-state index in [-0.39, 0.29) is 19.0 Å². The average Bonchev–Trinajstić information content (AvgIpc) is 2.58. The molecule has 0 fully saturated rings. The fourth-order valence-corrected chi connectivity index (χ4v) is 3.29. The van der Waals surface area contributed by atoms with Gasteiger partial charge in [0.1, 0.15) is 0 Å². The molecule has 0 heterocycles. The van der Waals surface area contributed by atoms with Gasteiger partial charge in [-0.05, 0) is 36.4 Å². The van der Waals surface area contributed by atoms with Gasteiger partial charge in [0, 0.05) is 31.9 Å². The molecule has 25 heavy (non-hydrogen) atoms. The lowest BCUT2D eigenvalue weighted by Gasteiger charge is -2.23. The standard InChI is InChI=1S/C18H23N3O3S/c1-20(2)16-9-11-17(12-10-16)21(25(3,23)24)14-13-19-18(22)15-7-5-4-6-8-15/h4-12H,13-14H2,1-3H3,(H,19,22). The van der Waals surface area contributed by atoms with E-state index in [1.165, 1.54) is 4.31 Å². The summed E-state index contributed by atoms with van der Waals surface area (Å²) in [6.07, 6.45) is 1.16. The molecule has 0 saturated heterocycles. The lowest BCUT2D eigenvalue weighted by Crippen LogP contribution is -2.38. The minimum atomic E-state index is -3.45. The molecule has 0 aliphatic carbocycles. The van der Waals surface area contributed by atoms with Crippen molar-refractivity contribution in [3.63, 3.8) is 0 Å². The van der Waals surface area contributed by atoms with Crippen molar-refractivity contribution in [2.75, 3.05) is 42.6 Å². The first-order valence-electron chi connectivity index (χ1n) is 7.87. The number of sulfonamides is 1. The van der Waals surface area contributed by atoms with Crippen LogP contribution in [0.2, 0.25) is 0 Å². The van der Waals surface area contributed by atoms with Crippen LogP contribution in [0.3, 0.4) is 0 Å². The van der Waals surface area contributed by atoms with Crippen molar-refractivity contribution in [1.82, 2.24) is 5.32 Å². The summed E-state index contributed by atoms with van der Waals surface area (Å²) in [5.74, 6) is -0.225. The summed E-state index contributed by atoms with van der Waals surface area (Å²) in [7, 11) is 0.393. The number of anilines is 2. The number of amides is 1. The van der Waals surface area contributed by atoms with Crippen LogP contribution in [-0.2, 0) is 10.0 Å². The minimum absolute atomic E-state index is 0.165. The predicted octanol–water partition coefficient (Wildman–Crippen LogP) is 1.95. The Balaban J connectivity index is 2.05. The highest BCUT2D eigenvalue weighted by atomic mass is 32.2. The topological polar surface area (TPSA) is 69.7 Å². The third kappa shape index (κ3) is 5.22. The molecule has 0 bridgehead atoms. The Morgan fingerprint density at radius 1 is 0.960 bits per heavy atom. The van der Waals surface area contributed by atoms with Gasteiger partial charge in [-0.2, -0.15) is 0 Å². The normalized spacial score (nSPS) is 11.0. The maximum absolute atomic E-state index is 12.1. The number of carbonyl (C=O) groups is 1. The van der Waals surface area contributed by atoms with Crippen molar-refractivity contribution in [2.24, 2.45) is 0 Å². The van der Waals surface area contributed by atoms with Crippen molar-refractivity contribution < 1.29 is 13.2 Å². The van der Waals surface area contributed by atoms with Crippen LogP contribution in [0, 0.1) is 0 Å². The highest BCUT2D eigenvalue weighted by Crippen LogP contribution is 2.21. The molecule has 2 aromatic carbocycles. The number of benzene rings is 2. The Kier molecular flexibility index (Phi) is 6.03.